The Bertz CT molecular complexity index is 804. The lowest BCUT2D eigenvalue weighted by atomic mass is 9.91. The van der Waals surface area contributed by atoms with Crippen molar-refractivity contribution in [1.29, 1.82) is 0 Å². The van der Waals surface area contributed by atoms with Gasteiger partial charge in [0.1, 0.15) is 5.75 Å². The SMILES string of the molecule is CCOc1cccc(C(c2ccc(Cl)c(Cl)c2)N2CCC(C(=O)O)CC2)c1. The number of carbonyl (C=O) groups is 1. The smallest absolute Gasteiger partial charge is 0.306 e. The maximum absolute atomic E-state index is 11.3. The first-order valence-corrected chi connectivity index (χ1v) is 9.89. The predicted molar refractivity (Wildman–Crippen MR) is 108 cm³/mol. The zero-order chi connectivity index (χ0) is 19.4. The number of halogens is 2. The molecule has 4 nitrogen and oxygen atoms in total. The van der Waals surface area contributed by atoms with Gasteiger partial charge < -0.3 is 9.84 Å². The number of piperidine rings is 1. The molecular weight excluding hydrogens is 385 g/mol. The molecule has 1 N–H and O–H groups in total. The number of nitrogens with zero attached hydrogens (tertiary/aromatic N) is 1. The van der Waals surface area contributed by atoms with Crippen LogP contribution in [0.2, 0.25) is 10.0 Å². The highest BCUT2D eigenvalue weighted by molar-refractivity contribution is 6.42. The molecule has 0 spiro atoms. The summed E-state index contributed by atoms with van der Waals surface area (Å²) >= 11 is 12.4. The lowest BCUT2D eigenvalue weighted by Crippen LogP contribution is -2.39. The average Bonchev–Trinajstić information content (AvgIpc) is 2.66. The highest BCUT2D eigenvalue weighted by Crippen LogP contribution is 2.36. The molecule has 0 amide bonds. The van der Waals surface area contributed by atoms with E-state index in [1.807, 2.05) is 43.3 Å². The third-order valence-electron chi connectivity index (χ3n) is 4.99. The monoisotopic (exact) mass is 407 g/mol. The third kappa shape index (κ3) is 4.75. The van der Waals surface area contributed by atoms with Crippen molar-refractivity contribution < 1.29 is 14.6 Å². The second-order valence-electron chi connectivity index (χ2n) is 6.73. The predicted octanol–water partition coefficient (Wildman–Crippen LogP) is 5.28. The zero-order valence-electron chi connectivity index (χ0n) is 15.2. The van der Waals surface area contributed by atoms with Crippen LogP contribution >= 0.6 is 23.2 Å². The molecule has 2 aromatic carbocycles. The minimum absolute atomic E-state index is 0.0325. The van der Waals surface area contributed by atoms with Gasteiger partial charge >= 0.3 is 5.97 Å². The number of aliphatic carboxylic acids is 1. The summed E-state index contributed by atoms with van der Waals surface area (Å²) in [5.41, 5.74) is 2.12. The number of carboxylic acids is 1. The number of ether oxygens (including phenoxy) is 1. The molecule has 2 aromatic rings. The number of hydrogen-bond acceptors (Lipinski definition) is 3. The van der Waals surface area contributed by atoms with Gasteiger partial charge in [-0.15, -0.1) is 0 Å². The van der Waals surface area contributed by atoms with E-state index in [9.17, 15) is 9.90 Å². The molecule has 0 radical (unpaired) electrons. The lowest BCUT2D eigenvalue weighted by Gasteiger charge is -2.37. The Balaban J connectivity index is 1.95. The molecule has 0 saturated carbocycles. The van der Waals surface area contributed by atoms with Crippen molar-refractivity contribution in [2.75, 3.05) is 19.7 Å². The summed E-state index contributed by atoms with van der Waals surface area (Å²) in [6.07, 6.45) is 1.27. The number of rotatable bonds is 6. The Morgan fingerprint density at radius 1 is 1.15 bits per heavy atom. The largest absolute Gasteiger partial charge is 0.494 e. The molecule has 1 saturated heterocycles. The van der Waals surface area contributed by atoms with Crippen LogP contribution in [0.1, 0.15) is 36.9 Å². The van der Waals surface area contributed by atoms with Crippen molar-refractivity contribution in [3.8, 4) is 5.75 Å². The first-order chi connectivity index (χ1) is 13.0. The van der Waals surface area contributed by atoms with Gasteiger partial charge in [-0.25, -0.2) is 0 Å². The molecule has 0 bridgehead atoms. The van der Waals surface area contributed by atoms with Crippen LogP contribution < -0.4 is 4.74 Å². The van der Waals surface area contributed by atoms with E-state index < -0.39 is 5.97 Å². The van der Waals surface area contributed by atoms with Crippen molar-refractivity contribution in [2.45, 2.75) is 25.8 Å². The van der Waals surface area contributed by atoms with Crippen molar-refractivity contribution in [1.82, 2.24) is 4.90 Å². The minimum atomic E-state index is -0.709. The van der Waals surface area contributed by atoms with E-state index in [0.717, 1.165) is 16.9 Å². The van der Waals surface area contributed by atoms with Gasteiger partial charge in [-0.3, -0.25) is 9.69 Å². The van der Waals surface area contributed by atoms with E-state index in [1.54, 1.807) is 0 Å². The molecule has 1 fully saturated rings. The van der Waals surface area contributed by atoms with Crippen molar-refractivity contribution in [3.63, 3.8) is 0 Å². The van der Waals surface area contributed by atoms with E-state index in [2.05, 4.69) is 11.0 Å². The van der Waals surface area contributed by atoms with Crippen LogP contribution in [0.4, 0.5) is 0 Å². The zero-order valence-corrected chi connectivity index (χ0v) is 16.7. The molecule has 6 heteroatoms. The first-order valence-electron chi connectivity index (χ1n) is 9.14. The Hall–Kier alpha value is -1.75. The number of likely N-dealkylation sites (tertiary alicyclic amines) is 1. The standard InChI is InChI=1S/C21H23Cl2NO3/c1-2-27-17-5-3-4-15(12-17)20(16-6-7-18(22)19(23)13-16)24-10-8-14(9-11-24)21(25)26/h3-7,12-14,20H,2,8-11H2,1H3,(H,25,26). The van der Waals surface area contributed by atoms with Crippen LogP contribution in [0.25, 0.3) is 0 Å². The van der Waals surface area contributed by atoms with Gasteiger partial charge in [0.15, 0.2) is 0 Å². The second-order valence-corrected chi connectivity index (χ2v) is 7.54. The van der Waals surface area contributed by atoms with E-state index in [-0.39, 0.29) is 12.0 Å². The topological polar surface area (TPSA) is 49.8 Å². The fourth-order valence-corrected chi connectivity index (χ4v) is 3.95. The molecule has 0 aliphatic carbocycles. The maximum atomic E-state index is 11.3. The van der Waals surface area contributed by atoms with Crippen LogP contribution in [-0.4, -0.2) is 35.7 Å². The Labute approximate surface area is 169 Å². The summed E-state index contributed by atoms with van der Waals surface area (Å²) in [7, 11) is 0. The van der Waals surface area contributed by atoms with Gasteiger partial charge in [-0.2, -0.15) is 0 Å². The summed E-state index contributed by atoms with van der Waals surface area (Å²) < 4.78 is 5.67. The number of benzene rings is 2. The second kappa shape index (κ2) is 8.96. The van der Waals surface area contributed by atoms with Crippen LogP contribution in [0.5, 0.6) is 5.75 Å². The minimum Gasteiger partial charge on any atom is -0.494 e. The van der Waals surface area contributed by atoms with Crippen molar-refractivity contribution >= 4 is 29.2 Å². The molecule has 1 aliphatic heterocycles. The van der Waals surface area contributed by atoms with E-state index in [1.165, 1.54) is 0 Å². The third-order valence-corrected chi connectivity index (χ3v) is 5.73. The maximum Gasteiger partial charge on any atom is 0.306 e. The van der Waals surface area contributed by atoms with Crippen molar-refractivity contribution in [3.05, 3.63) is 63.6 Å². The van der Waals surface area contributed by atoms with Gasteiger partial charge in [0.25, 0.3) is 0 Å². The highest BCUT2D eigenvalue weighted by Gasteiger charge is 2.30. The molecule has 144 valence electrons. The van der Waals surface area contributed by atoms with Crippen LogP contribution in [-0.2, 0) is 4.79 Å². The van der Waals surface area contributed by atoms with Gasteiger partial charge in [0, 0.05) is 0 Å². The highest BCUT2D eigenvalue weighted by atomic mass is 35.5. The average molecular weight is 408 g/mol. The summed E-state index contributed by atoms with van der Waals surface area (Å²) in [5, 5.41) is 10.3. The summed E-state index contributed by atoms with van der Waals surface area (Å²) in [6.45, 7) is 3.98. The molecule has 1 unspecified atom stereocenters. The fourth-order valence-electron chi connectivity index (χ4n) is 3.64. The van der Waals surface area contributed by atoms with E-state index in [4.69, 9.17) is 27.9 Å². The first kappa shape index (κ1) is 20.0. The Morgan fingerprint density at radius 2 is 1.85 bits per heavy atom. The van der Waals surface area contributed by atoms with Gasteiger partial charge in [-0.05, 0) is 68.2 Å². The summed E-state index contributed by atoms with van der Waals surface area (Å²) in [5.74, 6) is -0.162. The van der Waals surface area contributed by atoms with Gasteiger partial charge in [-0.1, -0.05) is 41.4 Å². The summed E-state index contributed by atoms with van der Waals surface area (Å²) in [4.78, 5) is 13.6. The van der Waals surface area contributed by atoms with Crippen LogP contribution in [0.15, 0.2) is 42.5 Å². The Morgan fingerprint density at radius 3 is 2.48 bits per heavy atom. The molecule has 1 atom stereocenters. The summed E-state index contributed by atoms with van der Waals surface area (Å²) in [6, 6.07) is 13.7. The molecular formula is C21H23Cl2NO3. The van der Waals surface area contributed by atoms with Crippen molar-refractivity contribution in [2.24, 2.45) is 5.92 Å². The fraction of sp³-hybridized carbons (Fsp3) is 0.381. The van der Waals surface area contributed by atoms with Crippen LogP contribution in [0.3, 0.4) is 0 Å². The molecule has 1 aliphatic rings. The normalized spacial score (nSPS) is 16.9. The quantitative estimate of drug-likeness (QED) is 0.707. The Kier molecular flexibility index (Phi) is 6.64. The van der Waals surface area contributed by atoms with Crippen LogP contribution in [0, 0.1) is 5.92 Å². The molecule has 1 heterocycles. The van der Waals surface area contributed by atoms with E-state index >= 15 is 0 Å². The lowest BCUT2D eigenvalue weighted by molar-refractivity contribution is -0.143. The molecule has 3 rings (SSSR count). The number of hydrogen-bond donors (Lipinski definition) is 1. The van der Waals surface area contributed by atoms with Gasteiger partial charge in [0.05, 0.1) is 28.6 Å². The van der Waals surface area contributed by atoms with E-state index in [0.29, 0.717) is 42.6 Å². The number of carboxylic acid groups (broad SMARTS) is 1. The molecule has 0 aromatic heterocycles. The molecule has 27 heavy (non-hydrogen) atoms. The van der Waals surface area contributed by atoms with Gasteiger partial charge in [0.2, 0.25) is 0 Å².